The molecule has 0 fully saturated rings. The average molecular weight is 298 g/mol. The van der Waals surface area contributed by atoms with Crippen LogP contribution in [-0.2, 0) is 13.0 Å². The molecule has 6 heteroatoms. The van der Waals surface area contributed by atoms with E-state index < -0.39 is 11.9 Å². The van der Waals surface area contributed by atoms with Gasteiger partial charge in [0.1, 0.15) is 18.0 Å². The lowest BCUT2D eigenvalue weighted by molar-refractivity contribution is 0.173. The molecule has 108 valence electrons. The monoisotopic (exact) mass is 297 g/mol. The van der Waals surface area contributed by atoms with Gasteiger partial charge in [-0.15, -0.1) is 0 Å². The smallest absolute Gasteiger partial charge is 0.141 e. The first kappa shape index (κ1) is 14.9. The summed E-state index contributed by atoms with van der Waals surface area (Å²) in [5, 5.41) is 14.4. The van der Waals surface area contributed by atoms with Gasteiger partial charge in [0.25, 0.3) is 0 Å². The maximum Gasteiger partial charge on any atom is 0.141 e. The van der Waals surface area contributed by atoms with Crippen LogP contribution < -0.4 is 0 Å². The van der Waals surface area contributed by atoms with Gasteiger partial charge >= 0.3 is 0 Å². The van der Waals surface area contributed by atoms with Crippen molar-refractivity contribution < 1.29 is 9.50 Å². The van der Waals surface area contributed by atoms with Crippen molar-refractivity contribution in [2.24, 2.45) is 5.92 Å². The molecule has 2 rings (SSSR count). The van der Waals surface area contributed by atoms with E-state index in [4.69, 9.17) is 11.6 Å². The van der Waals surface area contributed by atoms with Crippen LogP contribution in [-0.4, -0.2) is 19.9 Å². The molecule has 1 unspecified atom stereocenters. The number of halogens is 2. The van der Waals surface area contributed by atoms with Gasteiger partial charge in [0.05, 0.1) is 11.1 Å². The van der Waals surface area contributed by atoms with Gasteiger partial charge < -0.3 is 5.11 Å². The predicted octanol–water partition coefficient (Wildman–Crippen LogP) is 3.00. The molecular formula is C14H17ClFN3O. The van der Waals surface area contributed by atoms with Crippen molar-refractivity contribution in [1.29, 1.82) is 0 Å². The Labute approximate surface area is 122 Å². The average Bonchev–Trinajstić information content (AvgIpc) is 2.79. The number of hydrogen-bond acceptors (Lipinski definition) is 3. The molecule has 0 amide bonds. The molecular weight excluding hydrogens is 281 g/mol. The summed E-state index contributed by atoms with van der Waals surface area (Å²) in [5.41, 5.74) is 0.565. The zero-order chi connectivity index (χ0) is 14.7. The molecule has 0 spiro atoms. The van der Waals surface area contributed by atoms with E-state index in [0.717, 1.165) is 6.54 Å². The first-order valence-corrected chi connectivity index (χ1v) is 6.85. The molecule has 0 radical (unpaired) electrons. The Hall–Kier alpha value is -1.46. The molecule has 0 saturated heterocycles. The molecule has 4 nitrogen and oxygen atoms in total. The highest BCUT2D eigenvalue weighted by molar-refractivity contribution is 6.30. The quantitative estimate of drug-likeness (QED) is 0.923. The molecule has 1 atom stereocenters. The van der Waals surface area contributed by atoms with Crippen LogP contribution in [0, 0.1) is 11.7 Å². The SMILES string of the molecule is CC(C)Cn1ncnc1CC(O)c1ccc(F)c(Cl)c1. The highest BCUT2D eigenvalue weighted by Gasteiger charge is 2.15. The third-order valence-corrected chi connectivity index (χ3v) is 3.23. The predicted molar refractivity (Wildman–Crippen MR) is 74.9 cm³/mol. The molecule has 1 heterocycles. The van der Waals surface area contributed by atoms with Crippen LogP contribution in [0.5, 0.6) is 0 Å². The second-order valence-corrected chi connectivity index (χ2v) is 5.55. The van der Waals surface area contributed by atoms with E-state index in [1.165, 1.54) is 24.5 Å². The molecule has 0 bridgehead atoms. The van der Waals surface area contributed by atoms with Crippen molar-refractivity contribution in [3.05, 3.63) is 46.8 Å². The summed E-state index contributed by atoms with van der Waals surface area (Å²) < 4.78 is 14.9. The summed E-state index contributed by atoms with van der Waals surface area (Å²) in [6.07, 6.45) is 1.000. The summed E-state index contributed by atoms with van der Waals surface area (Å²) >= 11 is 5.72. The number of hydrogen-bond donors (Lipinski definition) is 1. The molecule has 0 aliphatic heterocycles. The van der Waals surface area contributed by atoms with Gasteiger partial charge in [0.15, 0.2) is 0 Å². The first-order valence-electron chi connectivity index (χ1n) is 6.47. The third kappa shape index (κ3) is 3.55. The van der Waals surface area contributed by atoms with Crippen LogP contribution in [0.25, 0.3) is 0 Å². The lowest BCUT2D eigenvalue weighted by Crippen LogP contribution is -2.13. The van der Waals surface area contributed by atoms with E-state index in [1.807, 2.05) is 0 Å². The van der Waals surface area contributed by atoms with Gasteiger partial charge in [-0.1, -0.05) is 31.5 Å². The fraction of sp³-hybridized carbons (Fsp3) is 0.429. The summed E-state index contributed by atoms with van der Waals surface area (Å²) in [7, 11) is 0. The van der Waals surface area contributed by atoms with Crippen molar-refractivity contribution in [3.63, 3.8) is 0 Å². The lowest BCUT2D eigenvalue weighted by atomic mass is 10.1. The summed E-state index contributed by atoms with van der Waals surface area (Å²) in [6.45, 7) is 4.91. The molecule has 2 aromatic rings. The fourth-order valence-corrected chi connectivity index (χ4v) is 2.14. The Morgan fingerprint density at radius 2 is 2.15 bits per heavy atom. The Morgan fingerprint density at radius 3 is 2.80 bits per heavy atom. The van der Waals surface area contributed by atoms with Crippen LogP contribution in [0.1, 0.15) is 31.3 Å². The van der Waals surface area contributed by atoms with E-state index >= 15 is 0 Å². The van der Waals surface area contributed by atoms with Crippen LogP contribution in [0.15, 0.2) is 24.5 Å². The van der Waals surface area contributed by atoms with Gasteiger partial charge in [-0.25, -0.2) is 14.1 Å². The molecule has 1 aromatic carbocycles. The molecule has 0 aliphatic carbocycles. The molecule has 0 saturated carbocycles. The van der Waals surface area contributed by atoms with Gasteiger partial charge in [-0.3, -0.25) is 0 Å². The molecule has 20 heavy (non-hydrogen) atoms. The Morgan fingerprint density at radius 1 is 1.40 bits per heavy atom. The standard InChI is InChI=1S/C14H17ClFN3O/c1-9(2)7-19-14(17-8-18-19)6-13(20)10-3-4-12(16)11(15)5-10/h3-5,8-9,13,20H,6-7H2,1-2H3. The van der Waals surface area contributed by atoms with Crippen molar-refractivity contribution in [1.82, 2.24) is 14.8 Å². The second-order valence-electron chi connectivity index (χ2n) is 5.15. The Bertz CT molecular complexity index is 586. The number of aliphatic hydroxyl groups excluding tert-OH is 1. The summed E-state index contributed by atoms with van der Waals surface area (Å²) in [4.78, 5) is 4.16. The van der Waals surface area contributed by atoms with Crippen LogP contribution in [0.4, 0.5) is 4.39 Å². The van der Waals surface area contributed by atoms with Crippen LogP contribution in [0.2, 0.25) is 5.02 Å². The maximum atomic E-state index is 13.1. The third-order valence-electron chi connectivity index (χ3n) is 2.94. The number of aliphatic hydroxyl groups is 1. The zero-order valence-corrected chi connectivity index (χ0v) is 12.2. The van der Waals surface area contributed by atoms with Gasteiger partial charge in [0, 0.05) is 13.0 Å². The van der Waals surface area contributed by atoms with Crippen LogP contribution in [0.3, 0.4) is 0 Å². The van der Waals surface area contributed by atoms with Crippen LogP contribution >= 0.6 is 11.6 Å². The number of aromatic nitrogens is 3. The number of nitrogens with zero attached hydrogens (tertiary/aromatic N) is 3. The van der Waals surface area contributed by atoms with Crippen molar-refractivity contribution in [3.8, 4) is 0 Å². The normalized spacial score (nSPS) is 12.9. The number of rotatable bonds is 5. The zero-order valence-electron chi connectivity index (χ0n) is 11.4. The minimum atomic E-state index is -0.789. The van der Waals surface area contributed by atoms with Gasteiger partial charge in [-0.2, -0.15) is 5.10 Å². The highest BCUT2D eigenvalue weighted by Crippen LogP contribution is 2.23. The molecule has 1 aromatic heterocycles. The van der Waals surface area contributed by atoms with E-state index in [-0.39, 0.29) is 5.02 Å². The maximum absolute atomic E-state index is 13.1. The number of benzene rings is 1. The van der Waals surface area contributed by atoms with E-state index in [9.17, 15) is 9.50 Å². The van der Waals surface area contributed by atoms with E-state index in [2.05, 4.69) is 23.9 Å². The van der Waals surface area contributed by atoms with Gasteiger partial charge in [0.2, 0.25) is 0 Å². The first-order chi connectivity index (χ1) is 9.47. The van der Waals surface area contributed by atoms with Crippen molar-refractivity contribution in [2.45, 2.75) is 32.9 Å². The summed E-state index contributed by atoms with van der Waals surface area (Å²) in [5.74, 6) is 0.644. The Balaban J connectivity index is 2.13. The van der Waals surface area contributed by atoms with E-state index in [0.29, 0.717) is 23.7 Å². The van der Waals surface area contributed by atoms with Crippen molar-refractivity contribution >= 4 is 11.6 Å². The summed E-state index contributed by atoms with van der Waals surface area (Å²) in [6, 6.07) is 4.21. The van der Waals surface area contributed by atoms with E-state index in [1.54, 1.807) is 4.68 Å². The Kier molecular flexibility index (Phi) is 4.73. The van der Waals surface area contributed by atoms with Crippen molar-refractivity contribution in [2.75, 3.05) is 0 Å². The lowest BCUT2D eigenvalue weighted by Gasteiger charge is -2.13. The second kappa shape index (κ2) is 6.33. The minimum Gasteiger partial charge on any atom is -0.388 e. The van der Waals surface area contributed by atoms with Gasteiger partial charge in [-0.05, 0) is 23.6 Å². The minimum absolute atomic E-state index is 0.00481. The molecule has 0 aliphatic rings. The highest BCUT2D eigenvalue weighted by atomic mass is 35.5. The fourth-order valence-electron chi connectivity index (χ4n) is 1.95. The largest absolute Gasteiger partial charge is 0.388 e. The molecule has 1 N–H and O–H groups in total. The topological polar surface area (TPSA) is 50.9 Å².